The number of halogens is 1. The summed E-state index contributed by atoms with van der Waals surface area (Å²) in [6, 6.07) is 15.3. The molecule has 1 saturated heterocycles. The van der Waals surface area contributed by atoms with E-state index in [-0.39, 0.29) is 5.91 Å². The van der Waals surface area contributed by atoms with E-state index >= 15 is 0 Å². The van der Waals surface area contributed by atoms with E-state index in [0.29, 0.717) is 81.3 Å². The molecule has 1 aliphatic heterocycles. The molecule has 0 atom stereocenters. The van der Waals surface area contributed by atoms with Gasteiger partial charge in [-0.05, 0) is 62.6 Å². The third-order valence-electron chi connectivity index (χ3n) is 7.43. The number of amides is 1. The van der Waals surface area contributed by atoms with E-state index in [4.69, 9.17) is 30.8 Å². The predicted octanol–water partition coefficient (Wildman–Crippen LogP) is 7.46. The van der Waals surface area contributed by atoms with Crippen molar-refractivity contribution in [2.24, 2.45) is 0 Å². The SMILES string of the molecule is C=CC(=O)Nc1cc2c(Nc3ccc(OCc4ccc(C5CCOCC5)nc4)c(Cl)c3)c(C#N)c(CC)nc2cc1OCC. The van der Waals surface area contributed by atoms with Crippen LogP contribution >= 0.6 is 11.6 Å². The Morgan fingerprint density at radius 1 is 1.16 bits per heavy atom. The number of rotatable bonds is 11. The number of benzene rings is 2. The number of anilines is 3. The number of carbonyl (C=O) groups is 1. The summed E-state index contributed by atoms with van der Waals surface area (Å²) in [4.78, 5) is 21.5. The highest BCUT2D eigenvalue weighted by atomic mass is 35.5. The predicted molar refractivity (Wildman–Crippen MR) is 172 cm³/mol. The Kier molecular flexibility index (Phi) is 9.95. The average Bonchev–Trinajstić information content (AvgIpc) is 3.05. The second-order valence-electron chi connectivity index (χ2n) is 10.3. The Bertz CT molecular complexity index is 1710. The lowest BCUT2D eigenvalue weighted by atomic mass is 9.96. The molecule has 44 heavy (non-hydrogen) atoms. The van der Waals surface area contributed by atoms with Gasteiger partial charge in [-0.2, -0.15) is 5.26 Å². The number of nitrogens with one attached hydrogen (secondary N) is 2. The molecule has 2 aromatic carbocycles. The van der Waals surface area contributed by atoms with Gasteiger partial charge in [-0.25, -0.2) is 0 Å². The van der Waals surface area contributed by atoms with Crippen LogP contribution in [0.15, 0.2) is 61.3 Å². The fourth-order valence-electron chi connectivity index (χ4n) is 5.16. The van der Waals surface area contributed by atoms with E-state index in [1.165, 1.54) is 6.08 Å². The number of ether oxygens (including phenoxy) is 3. The first-order valence-electron chi connectivity index (χ1n) is 14.6. The Morgan fingerprint density at radius 3 is 2.64 bits per heavy atom. The van der Waals surface area contributed by atoms with E-state index in [1.54, 1.807) is 24.3 Å². The van der Waals surface area contributed by atoms with Gasteiger partial charge >= 0.3 is 0 Å². The molecule has 10 heteroatoms. The zero-order chi connectivity index (χ0) is 31.1. The normalized spacial score (nSPS) is 13.2. The quantitative estimate of drug-likeness (QED) is 0.168. The molecule has 2 N–H and O–H groups in total. The molecule has 1 amide bonds. The number of carbonyl (C=O) groups excluding carboxylic acids is 1. The molecule has 5 rings (SSSR count). The van der Waals surface area contributed by atoms with Crippen molar-refractivity contribution in [2.75, 3.05) is 30.5 Å². The van der Waals surface area contributed by atoms with E-state index in [2.05, 4.69) is 34.3 Å². The van der Waals surface area contributed by atoms with Crippen LogP contribution in [0.4, 0.5) is 17.1 Å². The van der Waals surface area contributed by atoms with Crippen LogP contribution in [0.25, 0.3) is 10.9 Å². The van der Waals surface area contributed by atoms with Crippen LogP contribution in [-0.4, -0.2) is 35.7 Å². The van der Waals surface area contributed by atoms with Gasteiger partial charge in [0, 0.05) is 53.7 Å². The highest BCUT2D eigenvalue weighted by Crippen LogP contribution is 2.39. The van der Waals surface area contributed by atoms with E-state index in [9.17, 15) is 10.1 Å². The third kappa shape index (κ3) is 6.94. The zero-order valence-electron chi connectivity index (χ0n) is 24.8. The smallest absolute Gasteiger partial charge is 0.247 e. The van der Waals surface area contributed by atoms with Crippen molar-refractivity contribution in [3.63, 3.8) is 0 Å². The van der Waals surface area contributed by atoms with Crippen LogP contribution in [0.3, 0.4) is 0 Å². The number of fused-ring (bicyclic) bond motifs is 1. The summed E-state index contributed by atoms with van der Waals surface area (Å²) in [5, 5.41) is 17.3. The summed E-state index contributed by atoms with van der Waals surface area (Å²) in [6.45, 7) is 9.61. The van der Waals surface area contributed by atoms with Crippen LogP contribution in [0, 0.1) is 11.3 Å². The van der Waals surface area contributed by atoms with E-state index in [1.807, 2.05) is 32.2 Å². The van der Waals surface area contributed by atoms with Crippen LogP contribution in [0.2, 0.25) is 5.02 Å². The Morgan fingerprint density at radius 2 is 1.98 bits per heavy atom. The standard InChI is InChI=1S/C34H34ClN5O4/c1-4-27-25(18-36)34(24-16-30(40-33(41)5-2)32(43-6-3)17-29(24)39-27)38-23-8-10-31(26(35)15-23)44-20-21-7-9-28(37-19-21)22-11-13-42-14-12-22/h5,7-10,15-17,19,22H,2,4,6,11-14,20H2,1,3H3,(H,38,39)(H,40,41). The molecule has 4 aromatic rings. The highest BCUT2D eigenvalue weighted by Gasteiger charge is 2.19. The topological polar surface area (TPSA) is 118 Å². The van der Waals surface area contributed by atoms with Crippen LogP contribution in [-0.2, 0) is 22.6 Å². The lowest BCUT2D eigenvalue weighted by Gasteiger charge is -2.21. The zero-order valence-corrected chi connectivity index (χ0v) is 25.5. The van der Waals surface area contributed by atoms with Crippen molar-refractivity contribution in [1.82, 2.24) is 9.97 Å². The summed E-state index contributed by atoms with van der Waals surface area (Å²) < 4.78 is 17.3. The van der Waals surface area contributed by atoms with Gasteiger partial charge in [-0.15, -0.1) is 0 Å². The molecule has 0 spiro atoms. The largest absolute Gasteiger partial charge is 0.492 e. The first kappa shape index (κ1) is 30.8. The third-order valence-corrected chi connectivity index (χ3v) is 7.73. The maximum Gasteiger partial charge on any atom is 0.247 e. The minimum Gasteiger partial charge on any atom is -0.492 e. The monoisotopic (exact) mass is 611 g/mol. The van der Waals surface area contributed by atoms with Gasteiger partial charge in [0.25, 0.3) is 0 Å². The van der Waals surface area contributed by atoms with Crippen molar-refractivity contribution < 1.29 is 19.0 Å². The fourth-order valence-corrected chi connectivity index (χ4v) is 5.40. The Hall–Kier alpha value is -4.65. The van der Waals surface area contributed by atoms with Crippen LogP contribution in [0.1, 0.15) is 55.1 Å². The molecule has 9 nitrogen and oxygen atoms in total. The minimum atomic E-state index is -0.383. The van der Waals surface area contributed by atoms with Crippen LogP contribution in [0.5, 0.6) is 11.5 Å². The summed E-state index contributed by atoms with van der Waals surface area (Å²) in [6.07, 6.45) is 5.56. The van der Waals surface area contributed by atoms with Crippen molar-refractivity contribution in [3.05, 3.63) is 88.9 Å². The van der Waals surface area contributed by atoms with Crippen LogP contribution < -0.4 is 20.1 Å². The molecule has 1 aliphatic rings. The Labute approximate surface area is 261 Å². The first-order valence-corrected chi connectivity index (χ1v) is 15.0. The second kappa shape index (κ2) is 14.2. The number of aromatic nitrogens is 2. The molecule has 0 saturated carbocycles. The summed E-state index contributed by atoms with van der Waals surface area (Å²) in [5.74, 6) is 1.05. The number of pyridine rings is 2. The van der Waals surface area contributed by atoms with E-state index in [0.717, 1.165) is 37.3 Å². The van der Waals surface area contributed by atoms with Crippen molar-refractivity contribution in [3.8, 4) is 17.6 Å². The summed E-state index contributed by atoms with van der Waals surface area (Å²) in [5.41, 5.74) is 5.33. The van der Waals surface area contributed by atoms with Gasteiger partial charge in [0.1, 0.15) is 24.2 Å². The number of hydrogen-bond donors (Lipinski definition) is 2. The van der Waals surface area contributed by atoms with Gasteiger partial charge in [-0.1, -0.05) is 31.2 Å². The number of aryl methyl sites for hydroxylation is 1. The average molecular weight is 612 g/mol. The minimum absolute atomic E-state index is 0.322. The molecule has 0 bridgehead atoms. The molecule has 2 aromatic heterocycles. The lowest BCUT2D eigenvalue weighted by molar-refractivity contribution is -0.111. The number of nitriles is 1. The molecule has 3 heterocycles. The molecule has 0 radical (unpaired) electrons. The van der Waals surface area contributed by atoms with Crippen molar-refractivity contribution in [1.29, 1.82) is 5.26 Å². The van der Waals surface area contributed by atoms with Crippen molar-refractivity contribution >= 4 is 45.5 Å². The first-order chi connectivity index (χ1) is 21.4. The maximum absolute atomic E-state index is 12.2. The molecule has 0 unspecified atom stereocenters. The fraction of sp³-hybridized carbons (Fsp3) is 0.294. The summed E-state index contributed by atoms with van der Waals surface area (Å²) >= 11 is 6.65. The highest BCUT2D eigenvalue weighted by molar-refractivity contribution is 6.32. The second-order valence-corrected chi connectivity index (χ2v) is 10.7. The lowest BCUT2D eigenvalue weighted by Crippen LogP contribution is -2.15. The van der Waals surface area contributed by atoms with Gasteiger partial charge in [-0.3, -0.25) is 14.8 Å². The van der Waals surface area contributed by atoms with Crippen molar-refractivity contribution in [2.45, 2.75) is 45.6 Å². The van der Waals surface area contributed by atoms with Gasteiger partial charge in [0.05, 0.1) is 39.8 Å². The number of nitrogens with zero attached hydrogens (tertiary/aromatic N) is 3. The van der Waals surface area contributed by atoms with Gasteiger partial charge < -0.3 is 24.8 Å². The summed E-state index contributed by atoms with van der Waals surface area (Å²) in [7, 11) is 0. The van der Waals surface area contributed by atoms with Gasteiger partial charge in [0.2, 0.25) is 5.91 Å². The van der Waals surface area contributed by atoms with Gasteiger partial charge in [0.15, 0.2) is 0 Å². The molecular formula is C34H34ClN5O4. The number of hydrogen-bond acceptors (Lipinski definition) is 8. The maximum atomic E-state index is 12.2. The Balaban J connectivity index is 1.40. The molecule has 1 fully saturated rings. The molecule has 0 aliphatic carbocycles. The molecular weight excluding hydrogens is 578 g/mol. The van der Waals surface area contributed by atoms with E-state index < -0.39 is 0 Å². The molecule has 226 valence electrons.